The Morgan fingerprint density at radius 1 is 1.26 bits per heavy atom. The third kappa shape index (κ3) is 2.27. The summed E-state index contributed by atoms with van der Waals surface area (Å²) in [6.07, 6.45) is 6.86. The Morgan fingerprint density at radius 2 is 2.00 bits per heavy atom. The molecule has 104 valence electrons. The van der Waals surface area contributed by atoms with Crippen molar-refractivity contribution < 1.29 is 19.4 Å². The lowest BCUT2D eigenvalue weighted by Crippen LogP contribution is -2.42. The normalized spacial score (nSPS) is 39.7. The van der Waals surface area contributed by atoms with Crippen molar-refractivity contribution in [3.05, 3.63) is 12.2 Å². The Morgan fingerprint density at radius 3 is 2.63 bits per heavy atom. The van der Waals surface area contributed by atoms with Gasteiger partial charge >= 0.3 is 5.97 Å². The number of rotatable bonds is 4. The maximum Gasteiger partial charge on any atom is 0.307 e. The minimum atomic E-state index is -0.853. The molecule has 1 heterocycles. The molecule has 0 radical (unpaired) electrons. The second kappa shape index (κ2) is 4.96. The van der Waals surface area contributed by atoms with Crippen molar-refractivity contribution in [1.29, 1.82) is 0 Å². The van der Waals surface area contributed by atoms with Crippen LogP contribution < -0.4 is 5.32 Å². The number of aliphatic carboxylic acids is 1. The number of ether oxygens (including phenoxy) is 1. The third-order valence-electron chi connectivity index (χ3n) is 4.58. The van der Waals surface area contributed by atoms with Gasteiger partial charge in [-0.25, -0.2) is 0 Å². The molecule has 0 aromatic carbocycles. The molecule has 5 heteroatoms. The van der Waals surface area contributed by atoms with Gasteiger partial charge in [0.2, 0.25) is 5.91 Å². The highest BCUT2D eigenvalue weighted by Gasteiger charge is 2.51. The summed E-state index contributed by atoms with van der Waals surface area (Å²) >= 11 is 0. The average molecular weight is 265 g/mol. The maximum atomic E-state index is 12.2. The van der Waals surface area contributed by atoms with Crippen molar-refractivity contribution in [1.82, 2.24) is 5.32 Å². The summed E-state index contributed by atoms with van der Waals surface area (Å²) in [5, 5.41) is 12.2. The molecule has 2 N–H and O–H groups in total. The van der Waals surface area contributed by atoms with Gasteiger partial charge in [-0.15, -0.1) is 0 Å². The number of allylic oxidation sites excluding steroid dienone is 2. The molecule has 2 bridgehead atoms. The van der Waals surface area contributed by atoms with Crippen molar-refractivity contribution in [2.24, 2.45) is 23.7 Å². The van der Waals surface area contributed by atoms with E-state index in [0.29, 0.717) is 6.54 Å². The van der Waals surface area contributed by atoms with Gasteiger partial charge in [0, 0.05) is 13.2 Å². The van der Waals surface area contributed by atoms with Crippen LogP contribution in [0.4, 0.5) is 0 Å². The lowest BCUT2D eigenvalue weighted by molar-refractivity contribution is -0.147. The zero-order valence-corrected chi connectivity index (χ0v) is 10.7. The molecule has 0 unspecified atom stereocenters. The van der Waals surface area contributed by atoms with Crippen LogP contribution in [0.5, 0.6) is 0 Å². The van der Waals surface area contributed by atoms with E-state index in [9.17, 15) is 14.7 Å². The summed E-state index contributed by atoms with van der Waals surface area (Å²) in [6, 6.07) is 0. The number of fused-ring (bicyclic) bond motifs is 2. The largest absolute Gasteiger partial charge is 0.481 e. The van der Waals surface area contributed by atoms with Gasteiger partial charge in [0.15, 0.2) is 0 Å². The number of carbonyl (C=O) groups excluding carboxylic acids is 1. The average Bonchev–Trinajstić information content (AvgIpc) is 3.10. The van der Waals surface area contributed by atoms with E-state index in [0.717, 1.165) is 25.9 Å². The molecule has 3 rings (SSSR count). The molecule has 1 saturated carbocycles. The van der Waals surface area contributed by atoms with Crippen molar-refractivity contribution in [2.75, 3.05) is 13.2 Å². The van der Waals surface area contributed by atoms with Crippen molar-refractivity contribution in [2.45, 2.75) is 25.4 Å². The topological polar surface area (TPSA) is 75.6 Å². The fourth-order valence-electron chi connectivity index (χ4n) is 3.65. The number of carboxylic acid groups (broad SMARTS) is 1. The second-order valence-corrected chi connectivity index (χ2v) is 5.72. The molecule has 3 aliphatic rings. The summed E-state index contributed by atoms with van der Waals surface area (Å²) in [4.78, 5) is 23.6. The molecular weight excluding hydrogens is 246 g/mol. The van der Waals surface area contributed by atoms with E-state index in [1.807, 2.05) is 12.2 Å². The minimum Gasteiger partial charge on any atom is -0.481 e. The van der Waals surface area contributed by atoms with Gasteiger partial charge in [-0.1, -0.05) is 12.2 Å². The number of hydrogen-bond acceptors (Lipinski definition) is 3. The highest BCUT2D eigenvalue weighted by Crippen LogP contribution is 2.48. The Labute approximate surface area is 112 Å². The third-order valence-corrected chi connectivity index (χ3v) is 4.58. The van der Waals surface area contributed by atoms with Crippen molar-refractivity contribution in [3.8, 4) is 0 Å². The first-order valence-corrected chi connectivity index (χ1v) is 6.97. The van der Waals surface area contributed by atoms with Crippen LogP contribution >= 0.6 is 0 Å². The zero-order chi connectivity index (χ0) is 13.4. The first-order valence-electron chi connectivity index (χ1n) is 6.97. The molecule has 19 heavy (non-hydrogen) atoms. The fourth-order valence-corrected chi connectivity index (χ4v) is 3.65. The highest BCUT2D eigenvalue weighted by molar-refractivity contribution is 5.86. The molecule has 1 saturated heterocycles. The van der Waals surface area contributed by atoms with Crippen LogP contribution in [0.2, 0.25) is 0 Å². The Kier molecular flexibility index (Phi) is 3.31. The standard InChI is InChI=1S/C14H19NO4/c16-13(15-7-10-2-1-5-19-10)11-8-3-4-9(6-8)12(11)14(17)18/h3-4,8-12H,1-2,5-7H2,(H,15,16)(H,17,18)/t8-,9-,10-,11-,12+/m0/s1. The predicted molar refractivity (Wildman–Crippen MR) is 67.3 cm³/mol. The summed E-state index contributed by atoms with van der Waals surface area (Å²) in [5.74, 6) is -1.82. The smallest absolute Gasteiger partial charge is 0.307 e. The van der Waals surface area contributed by atoms with Crippen LogP contribution in [0.15, 0.2) is 12.2 Å². The number of carbonyl (C=O) groups is 2. The number of hydrogen-bond donors (Lipinski definition) is 2. The van der Waals surface area contributed by atoms with Gasteiger partial charge in [0.25, 0.3) is 0 Å². The molecule has 2 fully saturated rings. The van der Waals surface area contributed by atoms with E-state index in [4.69, 9.17) is 4.74 Å². The summed E-state index contributed by atoms with van der Waals surface area (Å²) < 4.78 is 5.46. The van der Waals surface area contributed by atoms with E-state index in [1.54, 1.807) is 0 Å². The minimum absolute atomic E-state index is 0.0287. The molecule has 0 spiro atoms. The highest BCUT2D eigenvalue weighted by atomic mass is 16.5. The number of amides is 1. The van der Waals surface area contributed by atoms with Crippen LogP contribution in [0.1, 0.15) is 19.3 Å². The Balaban J connectivity index is 1.62. The first-order chi connectivity index (χ1) is 9.16. The van der Waals surface area contributed by atoms with Crippen LogP contribution in [0.3, 0.4) is 0 Å². The molecule has 1 aliphatic heterocycles. The molecule has 1 amide bonds. The van der Waals surface area contributed by atoms with Crippen molar-refractivity contribution in [3.63, 3.8) is 0 Å². The predicted octanol–water partition coefficient (Wildman–Crippen LogP) is 0.804. The van der Waals surface area contributed by atoms with E-state index in [-0.39, 0.29) is 23.8 Å². The molecule has 2 aliphatic carbocycles. The van der Waals surface area contributed by atoms with E-state index >= 15 is 0 Å². The zero-order valence-electron chi connectivity index (χ0n) is 10.7. The summed E-state index contributed by atoms with van der Waals surface area (Å²) in [6.45, 7) is 1.26. The maximum absolute atomic E-state index is 12.2. The van der Waals surface area contributed by atoms with Crippen LogP contribution in [0.25, 0.3) is 0 Å². The van der Waals surface area contributed by atoms with E-state index in [1.165, 1.54) is 0 Å². The van der Waals surface area contributed by atoms with E-state index in [2.05, 4.69) is 5.32 Å². The number of nitrogens with one attached hydrogen (secondary N) is 1. The molecule has 5 nitrogen and oxygen atoms in total. The van der Waals surface area contributed by atoms with Gasteiger partial charge in [0.1, 0.15) is 0 Å². The van der Waals surface area contributed by atoms with Crippen LogP contribution in [-0.4, -0.2) is 36.2 Å². The van der Waals surface area contributed by atoms with E-state index < -0.39 is 17.8 Å². The van der Waals surface area contributed by atoms with Gasteiger partial charge < -0.3 is 15.2 Å². The van der Waals surface area contributed by atoms with Gasteiger partial charge in [-0.05, 0) is 31.1 Å². The van der Waals surface area contributed by atoms with Gasteiger partial charge in [-0.2, -0.15) is 0 Å². The lowest BCUT2D eigenvalue weighted by Gasteiger charge is -2.24. The molecule has 0 aromatic rings. The summed E-state index contributed by atoms with van der Waals surface area (Å²) in [5.41, 5.74) is 0. The van der Waals surface area contributed by atoms with Crippen LogP contribution in [0, 0.1) is 23.7 Å². The quantitative estimate of drug-likeness (QED) is 0.737. The monoisotopic (exact) mass is 265 g/mol. The Bertz CT molecular complexity index is 414. The first kappa shape index (κ1) is 12.7. The summed E-state index contributed by atoms with van der Waals surface area (Å²) in [7, 11) is 0. The van der Waals surface area contributed by atoms with Gasteiger partial charge in [0.05, 0.1) is 17.9 Å². The SMILES string of the molecule is O=C(NC[C@@H]1CCCO1)[C@@H]1[C@H](C(=O)O)[C@H]2C=C[C@H]1C2. The fraction of sp³-hybridized carbons (Fsp3) is 0.714. The van der Waals surface area contributed by atoms with Crippen molar-refractivity contribution >= 4 is 11.9 Å². The van der Waals surface area contributed by atoms with Crippen LogP contribution in [-0.2, 0) is 14.3 Å². The molecule has 0 aromatic heterocycles. The molecular formula is C14H19NO4. The lowest BCUT2D eigenvalue weighted by atomic mass is 9.82. The molecule has 5 atom stereocenters. The number of carboxylic acids is 1. The second-order valence-electron chi connectivity index (χ2n) is 5.72. The Hall–Kier alpha value is -1.36. The van der Waals surface area contributed by atoms with Gasteiger partial charge in [-0.3, -0.25) is 9.59 Å².